The number of carbonyl (C=O) groups excluding carboxylic acids is 2. The molecule has 2 aromatic rings. The predicted molar refractivity (Wildman–Crippen MR) is 93.2 cm³/mol. The third kappa shape index (κ3) is 4.87. The van der Waals surface area contributed by atoms with E-state index in [4.69, 9.17) is 5.73 Å². The zero-order valence-electron chi connectivity index (χ0n) is 12.5. The van der Waals surface area contributed by atoms with Gasteiger partial charge in [0.05, 0.1) is 3.79 Å². The zero-order chi connectivity index (χ0) is 17.0. The van der Waals surface area contributed by atoms with Crippen molar-refractivity contribution in [2.24, 2.45) is 5.73 Å². The van der Waals surface area contributed by atoms with Crippen molar-refractivity contribution in [1.29, 1.82) is 0 Å². The molecule has 23 heavy (non-hydrogen) atoms. The van der Waals surface area contributed by atoms with E-state index in [0.717, 1.165) is 16.3 Å². The topological polar surface area (TPSA) is 72.2 Å². The lowest BCUT2D eigenvalue weighted by atomic mass is 10.1. The summed E-state index contributed by atoms with van der Waals surface area (Å²) in [5.41, 5.74) is 5.76. The van der Waals surface area contributed by atoms with Gasteiger partial charge in [0.1, 0.15) is 5.82 Å². The number of hydrogen-bond acceptors (Lipinski definition) is 3. The average Bonchev–Trinajstić information content (AvgIpc) is 2.89. The number of amides is 2. The van der Waals surface area contributed by atoms with Crippen LogP contribution in [0.2, 0.25) is 0 Å². The van der Waals surface area contributed by atoms with Gasteiger partial charge in [-0.05, 0) is 60.0 Å². The summed E-state index contributed by atoms with van der Waals surface area (Å²) in [5, 5.41) is 2.65. The highest BCUT2D eigenvalue weighted by Crippen LogP contribution is 2.24. The minimum atomic E-state index is -0.734. The summed E-state index contributed by atoms with van der Waals surface area (Å²) >= 11 is 5.03. The van der Waals surface area contributed by atoms with Gasteiger partial charge in [-0.15, -0.1) is 11.3 Å². The fourth-order valence-corrected chi connectivity index (χ4v) is 3.60. The van der Waals surface area contributed by atoms with Crippen LogP contribution in [0.5, 0.6) is 0 Å². The molecule has 1 aromatic heterocycles. The van der Waals surface area contributed by atoms with Crippen molar-refractivity contribution < 1.29 is 14.0 Å². The first-order valence-corrected chi connectivity index (χ1v) is 8.62. The van der Waals surface area contributed by atoms with E-state index in [2.05, 4.69) is 21.2 Å². The van der Waals surface area contributed by atoms with E-state index in [1.807, 2.05) is 12.1 Å². The minimum Gasteiger partial charge on any atom is -0.366 e. The largest absolute Gasteiger partial charge is 0.366 e. The summed E-state index contributed by atoms with van der Waals surface area (Å²) in [6, 6.07) is 6.46. The molecule has 1 aromatic carbocycles. The highest BCUT2D eigenvalue weighted by Gasteiger charge is 2.12. The molecule has 0 saturated heterocycles. The molecule has 0 aliphatic heterocycles. The Hall–Kier alpha value is -1.73. The first-order chi connectivity index (χ1) is 10.9. The van der Waals surface area contributed by atoms with Gasteiger partial charge in [0.2, 0.25) is 11.8 Å². The van der Waals surface area contributed by atoms with Crippen LogP contribution in [0, 0.1) is 12.7 Å². The monoisotopic (exact) mass is 398 g/mol. The van der Waals surface area contributed by atoms with Crippen molar-refractivity contribution in [2.75, 3.05) is 5.32 Å². The Balaban J connectivity index is 1.95. The van der Waals surface area contributed by atoms with E-state index in [9.17, 15) is 14.0 Å². The Morgan fingerprint density at radius 1 is 1.35 bits per heavy atom. The number of halogens is 2. The molecular weight excluding hydrogens is 383 g/mol. The Morgan fingerprint density at radius 2 is 2.09 bits per heavy atom. The number of carbonyl (C=O) groups is 2. The molecule has 122 valence electrons. The third-order valence-corrected chi connectivity index (χ3v) is 5.04. The first-order valence-electron chi connectivity index (χ1n) is 7.01. The summed E-state index contributed by atoms with van der Waals surface area (Å²) in [6.07, 6.45) is 1.81. The molecule has 0 atom stereocenters. The van der Waals surface area contributed by atoms with Crippen LogP contribution in [0.3, 0.4) is 0 Å². The minimum absolute atomic E-state index is 0.0341. The molecule has 0 aliphatic carbocycles. The average molecular weight is 399 g/mol. The van der Waals surface area contributed by atoms with Gasteiger partial charge < -0.3 is 11.1 Å². The molecule has 4 nitrogen and oxygen atoms in total. The molecule has 0 fully saturated rings. The number of hydrogen-bond donors (Lipinski definition) is 2. The van der Waals surface area contributed by atoms with Crippen molar-refractivity contribution >= 4 is 44.8 Å². The van der Waals surface area contributed by atoms with Gasteiger partial charge in [-0.3, -0.25) is 9.59 Å². The summed E-state index contributed by atoms with van der Waals surface area (Å²) < 4.78 is 14.8. The molecule has 0 unspecified atom stereocenters. The van der Waals surface area contributed by atoms with Crippen LogP contribution in [0.25, 0.3) is 0 Å². The van der Waals surface area contributed by atoms with Crippen LogP contribution in [-0.2, 0) is 11.2 Å². The van der Waals surface area contributed by atoms with Crippen LogP contribution in [0.4, 0.5) is 10.1 Å². The van der Waals surface area contributed by atoms with E-state index >= 15 is 0 Å². The second kappa shape index (κ2) is 7.70. The fraction of sp³-hybridized carbons (Fsp3) is 0.250. The van der Waals surface area contributed by atoms with Gasteiger partial charge >= 0.3 is 0 Å². The number of anilines is 1. The van der Waals surface area contributed by atoms with Crippen molar-refractivity contribution in [3.05, 3.63) is 49.9 Å². The molecule has 2 amide bonds. The Morgan fingerprint density at radius 3 is 2.70 bits per heavy atom. The van der Waals surface area contributed by atoms with Crippen LogP contribution in [-0.4, -0.2) is 11.8 Å². The van der Waals surface area contributed by atoms with Gasteiger partial charge in [0, 0.05) is 28.1 Å². The molecule has 2 rings (SSSR count). The highest BCUT2D eigenvalue weighted by atomic mass is 79.9. The van der Waals surface area contributed by atoms with E-state index in [1.54, 1.807) is 18.3 Å². The maximum absolute atomic E-state index is 13.8. The summed E-state index contributed by atoms with van der Waals surface area (Å²) in [4.78, 5) is 24.4. The maximum Gasteiger partial charge on any atom is 0.248 e. The fourth-order valence-electron chi connectivity index (χ4n) is 2.07. The van der Waals surface area contributed by atoms with E-state index < -0.39 is 11.7 Å². The number of primary amides is 1. The number of nitrogens with one attached hydrogen (secondary N) is 1. The molecule has 0 aliphatic rings. The molecular formula is C16H16BrFN2O2S. The SMILES string of the molecule is Cc1c(F)cc(C(N)=O)cc1NC(=O)CCCc1ccc(Br)s1. The van der Waals surface area contributed by atoms with Crippen molar-refractivity contribution in [1.82, 2.24) is 0 Å². The van der Waals surface area contributed by atoms with E-state index in [0.29, 0.717) is 12.8 Å². The first kappa shape index (κ1) is 17.6. The van der Waals surface area contributed by atoms with Crippen molar-refractivity contribution in [3.63, 3.8) is 0 Å². The van der Waals surface area contributed by atoms with Crippen molar-refractivity contribution in [2.45, 2.75) is 26.2 Å². The maximum atomic E-state index is 13.8. The summed E-state index contributed by atoms with van der Waals surface area (Å²) in [6.45, 7) is 1.54. The lowest BCUT2D eigenvalue weighted by Crippen LogP contribution is -2.16. The molecule has 3 N–H and O–H groups in total. The summed E-state index contributed by atoms with van der Waals surface area (Å²) in [5.74, 6) is -1.52. The lowest BCUT2D eigenvalue weighted by Gasteiger charge is -2.10. The van der Waals surface area contributed by atoms with E-state index in [-0.39, 0.29) is 22.7 Å². The van der Waals surface area contributed by atoms with Crippen LogP contribution in [0.15, 0.2) is 28.1 Å². The highest BCUT2D eigenvalue weighted by molar-refractivity contribution is 9.11. The molecule has 0 spiro atoms. The Kier molecular flexibility index (Phi) is 5.90. The number of aryl methyl sites for hydroxylation is 1. The Labute approximate surface area is 146 Å². The smallest absolute Gasteiger partial charge is 0.248 e. The predicted octanol–water partition coefficient (Wildman–Crippen LogP) is 4.02. The molecule has 7 heteroatoms. The van der Waals surface area contributed by atoms with Crippen molar-refractivity contribution in [3.8, 4) is 0 Å². The quantitative estimate of drug-likeness (QED) is 0.770. The van der Waals surface area contributed by atoms with Gasteiger partial charge in [0.25, 0.3) is 0 Å². The van der Waals surface area contributed by atoms with Gasteiger partial charge in [-0.2, -0.15) is 0 Å². The number of thiophene rings is 1. The number of benzene rings is 1. The normalized spacial score (nSPS) is 10.6. The van der Waals surface area contributed by atoms with Crippen LogP contribution in [0.1, 0.15) is 33.6 Å². The molecule has 1 heterocycles. The van der Waals surface area contributed by atoms with Gasteiger partial charge in [-0.1, -0.05) is 0 Å². The molecule has 0 saturated carbocycles. The van der Waals surface area contributed by atoms with Gasteiger partial charge in [-0.25, -0.2) is 4.39 Å². The third-order valence-electron chi connectivity index (χ3n) is 3.36. The number of nitrogens with two attached hydrogens (primary N) is 1. The molecule has 0 radical (unpaired) electrons. The van der Waals surface area contributed by atoms with Crippen LogP contribution < -0.4 is 11.1 Å². The Bertz CT molecular complexity index is 746. The van der Waals surface area contributed by atoms with Gasteiger partial charge in [0.15, 0.2) is 0 Å². The van der Waals surface area contributed by atoms with Crippen LogP contribution >= 0.6 is 27.3 Å². The zero-order valence-corrected chi connectivity index (χ0v) is 14.9. The molecule has 0 bridgehead atoms. The second-order valence-electron chi connectivity index (χ2n) is 5.10. The summed E-state index contributed by atoms with van der Waals surface area (Å²) in [7, 11) is 0. The standard InChI is InChI=1S/C16H16BrFN2O2S/c1-9-12(18)7-10(16(19)22)8-13(9)20-15(21)4-2-3-11-5-6-14(17)23-11/h5-8H,2-4H2,1H3,(H2,19,22)(H,20,21). The lowest BCUT2D eigenvalue weighted by molar-refractivity contribution is -0.116. The van der Waals surface area contributed by atoms with E-state index in [1.165, 1.54) is 10.9 Å². The number of rotatable bonds is 6. The second-order valence-corrected chi connectivity index (χ2v) is 7.65.